The highest BCUT2D eigenvalue weighted by molar-refractivity contribution is 6.32. The Balaban J connectivity index is 1.84. The molecule has 128 valence electrons. The molecular weight excluding hydrogens is 344 g/mol. The van der Waals surface area contributed by atoms with Crippen molar-refractivity contribution in [2.45, 2.75) is 0 Å². The number of fused-ring (bicyclic) bond motifs is 1. The minimum atomic E-state index is -0.683. The highest BCUT2D eigenvalue weighted by Crippen LogP contribution is 2.36. The van der Waals surface area contributed by atoms with Gasteiger partial charge in [-0.1, -0.05) is 29.8 Å². The molecule has 0 atom stereocenters. The van der Waals surface area contributed by atoms with Gasteiger partial charge < -0.3 is 14.2 Å². The molecular formula is C18H15ClN2O4. The minimum Gasteiger partial charge on any atom is -0.495 e. The van der Waals surface area contributed by atoms with Crippen LogP contribution in [-0.2, 0) is 0 Å². The van der Waals surface area contributed by atoms with E-state index < -0.39 is 6.09 Å². The van der Waals surface area contributed by atoms with Gasteiger partial charge >= 0.3 is 6.09 Å². The zero-order valence-electron chi connectivity index (χ0n) is 13.6. The quantitative estimate of drug-likeness (QED) is 0.742. The first-order valence-electron chi connectivity index (χ1n) is 7.36. The molecule has 0 unspecified atom stereocenters. The number of carbonyl (C=O) groups is 1. The van der Waals surface area contributed by atoms with E-state index in [2.05, 4.69) is 10.3 Å². The first-order chi connectivity index (χ1) is 12.1. The van der Waals surface area contributed by atoms with Gasteiger partial charge in [-0.15, -0.1) is 0 Å². The Hall–Kier alpha value is -2.99. The van der Waals surface area contributed by atoms with Gasteiger partial charge in [0, 0.05) is 17.6 Å². The molecule has 0 aliphatic carbocycles. The lowest BCUT2D eigenvalue weighted by atomic mass is 10.2. The Morgan fingerprint density at radius 3 is 2.56 bits per heavy atom. The van der Waals surface area contributed by atoms with Crippen LogP contribution >= 0.6 is 11.6 Å². The summed E-state index contributed by atoms with van der Waals surface area (Å²) in [5.74, 6) is 1.19. The summed E-state index contributed by atoms with van der Waals surface area (Å²) in [5.41, 5.74) is 0.964. The number of hydrogen-bond acceptors (Lipinski definition) is 5. The molecule has 0 saturated heterocycles. The number of pyridine rings is 1. The molecule has 0 fully saturated rings. The normalized spacial score (nSPS) is 10.4. The number of anilines is 1. The molecule has 1 aromatic heterocycles. The van der Waals surface area contributed by atoms with Gasteiger partial charge in [-0.3, -0.25) is 10.3 Å². The van der Waals surface area contributed by atoms with Gasteiger partial charge in [0.1, 0.15) is 17.0 Å². The van der Waals surface area contributed by atoms with Crippen LogP contribution in [0.1, 0.15) is 0 Å². The lowest BCUT2D eigenvalue weighted by molar-refractivity contribution is 0.215. The zero-order valence-corrected chi connectivity index (χ0v) is 14.3. The van der Waals surface area contributed by atoms with Crippen molar-refractivity contribution in [3.63, 3.8) is 0 Å². The summed E-state index contributed by atoms with van der Waals surface area (Å²) in [7, 11) is 2.98. The molecule has 3 rings (SSSR count). The first kappa shape index (κ1) is 16.9. The molecule has 1 N–H and O–H groups in total. The maximum absolute atomic E-state index is 12.3. The van der Waals surface area contributed by atoms with Crippen LogP contribution < -0.4 is 19.5 Å². The smallest absolute Gasteiger partial charge is 0.417 e. The molecule has 0 aliphatic heterocycles. The van der Waals surface area contributed by atoms with E-state index in [1.54, 1.807) is 24.4 Å². The molecule has 0 radical (unpaired) electrons. The Morgan fingerprint density at radius 1 is 1.04 bits per heavy atom. The Labute approximate surface area is 149 Å². The summed E-state index contributed by atoms with van der Waals surface area (Å²) in [6.45, 7) is 0. The van der Waals surface area contributed by atoms with Gasteiger partial charge in [-0.05, 0) is 18.2 Å². The largest absolute Gasteiger partial charge is 0.495 e. The Bertz CT molecular complexity index is 925. The number of nitrogens with zero attached hydrogens (tertiary/aromatic N) is 1. The minimum absolute atomic E-state index is 0.338. The van der Waals surface area contributed by atoms with E-state index in [9.17, 15) is 4.79 Å². The van der Waals surface area contributed by atoms with Gasteiger partial charge in [-0.25, -0.2) is 4.79 Å². The Kier molecular flexibility index (Phi) is 4.90. The fourth-order valence-electron chi connectivity index (χ4n) is 2.35. The van der Waals surface area contributed by atoms with Gasteiger partial charge in [0.15, 0.2) is 5.75 Å². The van der Waals surface area contributed by atoms with Crippen LogP contribution in [0.3, 0.4) is 0 Å². The van der Waals surface area contributed by atoms with Gasteiger partial charge in [0.2, 0.25) is 0 Å². The topological polar surface area (TPSA) is 69.7 Å². The fraction of sp³-hybridized carbons (Fsp3) is 0.111. The summed E-state index contributed by atoms with van der Waals surface area (Å²) < 4.78 is 15.8. The molecule has 0 aliphatic rings. The summed E-state index contributed by atoms with van der Waals surface area (Å²) in [4.78, 5) is 16.5. The van der Waals surface area contributed by atoms with Crippen molar-refractivity contribution in [3.05, 3.63) is 53.7 Å². The fourth-order valence-corrected chi connectivity index (χ4v) is 2.59. The third kappa shape index (κ3) is 3.59. The number of amides is 1. The van der Waals surface area contributed by atoms with E-state index in [0.717, 1.165) is 5.39 Å². The monoisotopic (exact) mass is 358 g/mol. The molecule has 0 saturated carbocycles. The maximum atomic E-state index is 12.3. The molecule has 25 heavy (non-hydrogen) atoms. The SMILES string of the molecule is COc1cc(OC)c(NC(=O)Oc2cccc3cccnc23)cc1Cl. The van der Waals surface area contributed by atoms with Crippen LogP contribution in [0.4, 0.5) is 10.5 Å². The average molecular weight is 359 g/mol. The second kappa shape index (κ2) is 7.27. The van der Waals surface area contributed by atoms with E-state index in [1.165, 1.54) is 20.3 Å². The summed E-state index contributed by atoms with van der Waals surface area (Å²) in [6.07, 6.45) is 0.956. The van der Waals surface area contributed by atoms with Crippen molar-refractivity contribution in [1.82, 2.24) is 4.98 Å². The lowest BCUT2D eigenvalue weighted by Crippen LogP contribution is -2.17. The van der Waals surface area contributed by atoms with E-state index in [4.69, 9.17) is 25.8 Å². The number of halogens is 1. The van der Waals surface area contributed by atoms with Crippen molar-refractivity contribution in [2.24, 2.45) is 0 Å². The highest BCUT2D eigenvalue weighted by Gasteiger charge is 2.15. The number of nitrogens with one attached hydrogen (secondary N) is 1. The molecule has 0 bridgehead atoms. The number of para-hydroxylation sites is 1. The molecule has 6 nitrogen and oxygen atoms in total. The van der Waals surface area contributed by atoms with E-state index in [1.807, 2.05) is 18.2 Å². The van der Waals surface area contributed by atoms with Gasteiger partial charge in [-0.2, -0.15) is 0 Å². The number of benzene rings is 2. The van der Waals surface area contributed by atoms with Crippen molar-refractivity contribution < 1.29 is 19.0 Å². The number of methoxy groups -OCH3 is 2. The standard InChI is InChI=1S/C18H15ClN2O4/c1-23-15-10-16(24-2)13(9-12(15)19)21-18(22)25-14-7-3-5-11-6-4-8-20-17(11)14/h3-10H,1-2H3,(H,21,22). The van der Waals surface area contributed by atoms with Crippen LogP contribution in [0.2, 0.25) is 5.02 Å². The van der Waals surface area contributed by atoms with E-state index >= 15 is 0 Å². The summed E-state index contributed by atoms with van der Waals surface area (Å²) in [6, 6.07) is 12.2. The maximum Gasteiger partial charge on any atom is 0.417 e. The second-order valence-electron chi connectivity index (χ2n) is 5.03. The van der Waals surface area contributed by atoms with Crippen LogP contribution in [-0.4, -0.2) is 25.3 Å². The third-order valence-corrected chi connectivity index (χ3v) is 3.80. The number of rotatable bonds is 4. The second-order valence-corrected chi connectivity index (χ2v) is 5.44. The summed E-state index contributed by atoms with van der Waals surface area (Å²) in [5, 5.41) is 3.82. The number of hydrogen-bond donors (Lipinski definition) is 1. The molecule has 1 amide bonds. The average Bonchev–Trinajstić information content (AvgIpc) is 2.62. The Morgan fingerprint density at radius 2 is 1.80 bits per heavy atom. The summed E-state index contributed by atoms with van der Waals surface area (Å²) >= 11 is 6.10. The molecule has 7 heteroatoms. The molecule has 1 heterocycles. The van der Waals surface area contributed by atoms with E-state index in [0.29, 0.717) is 33.5 Å². The van der Waals surface area contributed by atoms with E-state index in [-0.39, 0.29) is 0 Å². The predicted molar refractivity (Wildman–Crippen MR) is 95.9 cm³/mol. The van der Waals surface area contributed by atoms with Crippen molar-refractivity contribution in [1.29, 1.82) is 0 Å². The van der Waals surface area contributed by atoms with Crippen molar-refractivity contribution in [3.8, 4) is 17.2 Å². The van der Waals surface area contributed by atoms with Crippen LogP contribution in [0.25, 0.3) is 10.9 Å². The first-order valence-corrected chi connectivity index (χ1v) is 7.74. The van der Waals surface area contributed by atoms with Crippen LogP contribution in [0.15, 0.2) is 48.7 Å². The van der Waals surface area contributed by atoms with Crippen molar-refractivity contribution >= 4 is 34.3 Å². The number of aromatic nitrogens is 1. The van der Waals surface area contributed by atoms with Crippen LogP contribution in [0.5, 0.6) is 17.2 Å². The molecule has 2 aromatic carbocycles. The predicted octanol–water partition coefficient (Wildman–Crippen LogP) is 4.52. The number of carbonyl (C=O) groups excluding carboxylic acids is 1. The number of ether oxygens (including phenoxy) is 3. The van der Waals surface area contributed by atoms with Crippen LogP contribution in [0, 0.1) is 0 Å². The van der Waals surface area contributed by atoms with Gasteiger partial charge in [0.25, 0.3) is 0 Å². The molecule has 3 aromatic rings. The highest BCUT2D eigenvalue weighted by atomic mass is 35.5. The lowest BCUT2D eigenvalue weighted by Gasteiger charge is -2.13. The molecule has 0 spiro atoms. The van der Waals surface area contributed by atoms with Crippen molar-refractivity contribution in [2.75, 3.05) is 19.5 Å². The third-order valence-electron chi connectivity index (χ3n) is 3.51. The van der Waals surface area contributed by atoms with Gasteiger partial charge in [0.05, 0.1) is 24.9 Å². The zero-order chi connectivity index (χ0) is 17.8.